The van der Waals surface area contributed by atoms with Gasteiger partial charge in [-0.05, 0) is 61.2 Å². The topological polar surface area (TPSA) is 9.72 Å². The summed E-state index contributed by atoms with van der Waals surface area (Å²) in [6.07, 6.45) is 0. The minimum Gasteiger partial charge on any atom is -0.363 e. The Balaban J connectivity index is 2.73. The lowest BCUT2D eigenvalue weighted by Gasteiger charge is -2.44. The second-order valence-corrected chi connectivity index (χ2v) is 10.6. The van der Waals surface area contributed by atoms with Gasteiger partial charge in [-0.15, -0.1) is 34.8 Å². The van der Waals surface area contributed by atoms with Gasteiger partial charge in [0.05, 0.1) is 0 Å². The zero-order valence-corrected chi connectivity index (χ0v) is 16.1. The van der Waals surface area contributed by atoms with Gasteiger partial charge in [0.1, 0.15) is 0 Å². The Kier molecular flexibility index (Phi) is 6.88. The van der Waals surface area contributed by atoms with Crippen LogP contribution in [0.4, 0.5) is 0 Å². The van der Waals surface area contributed by atoms with Crippen molar-refractivity contribution in [3.8, 4) is 0 Å². The van der Waals surface area contributed by atoms with Crippen molar-refractivity contribution in [1.29, 1.82) is 0 Å². The van der Waals surface area contributed by atoms with Gasteiger partial charge in [0.25, 0.3) is 22.6 Å². The summed E-state index contributed by atoms with van der Waals surface area (Å²) in [5.74, 6) is 0. The third kappa shape index (κ3) is 9.63. The van der Waals surface area contributed by atoms with Crippen molar-refractivity contribution in [1.82, 2.24) is 14.2 Å². The molecule has 0 aromatic heterocycles. The van der Waals surface area contributed by atoms with E-state index in [2.05, 4.69) is 14.2 Å². The number of nitrogens with zero attached hydrogens (tertiary/aromatic N) is 3. The van der Waals surface area contributed by atoms with E-state index >= 15 is 0 Å². The van der Waals surface area contributed by atoms with Gasteiger partial charge in [0.2, 0.25) is 0 Å². The van der Waals surface area contributed by atoms with E-state index in [4.69, 9.17) is 34.8 Å². The van der Waals surface area contributed by atoms with Crippen LogP contribution >= 0.6 is 34.8 Å². The average molecular weight is 349 g/mol. The smallest absolute Gasteiger partial charge is 0.290 e. The molecule has 0 spiro atoms. The molecule has 9 heteroatoms. The van der Waals surface area contributed by atoms with Crippen LogP contribution in [0.5, 0.6) is 0 Å². The van der Waals surface area contributed by atoms with Crippen molar-refractivity contribution in [3.63, 3.8) is 0 Å². The lowest BCUT2D eigenvalue weighted by molar-refractivity contribution is 0.417. The first-order valence-electron chi connectivity index (χ1n) is 7.13. The molecule has 1 fully saturated rings. The van der Waals surface area contributed by atoms with E-state index in [1.807, 2.05) is 64.2 Å². The molecule has 0 atom stereocenters. The second kappa shape index (κ2) is 7.23. The quantitative estimate of drug-likeness (QED) is 0.539. The van der Waals surface area contributed by atoms with Gasteiger partial charge in [0.15, 0.2) is 0 Å². The Bertz CT molecular complexity index is 281. The molecule has 0 saturated carbocycles. The lowest BCUT2D eigenvalue weighted by Crippen LogP contribution is -2.65. The highest BCUT2D eigenvalue weighted by molar-refractivity contribution is 6.65. The Morgan fingerprint density at radius 1 is 0.571 bits per heavy atom. The summed E-state index contributed by atoms with van der Waals surface area (Å²) in [5, 5.41) is 0. The molecule has 0 aliphatic carbocycles. The van der Waals surface area contributed by atoms with Gasteiger partial charge in [-0.25, -0.2) is 0 Å². The molecule has 3 radical (unpaired) electrons. The monoisotopic (exact) mass is 348 g/mol. The van der Waals surface area contributed by atoms with Crippen LogP contribution in [0.2, 0.25) is 0 Å². The molecule has 1 heterocycles. The van der Waals surface area contributed by atoms with E-state index in [1.54, 1.807) is 0 Å². The molecule has 0 bridgehead atoms. The molecule has 1 saturated heterocycles. The highest BCUT2D eigenvalue weighted by Gasteiger charge is 2.34. The highest BCUT2D eigenvalue weighted by Crippen LogP contribution is 2.20. The molecule has 0 N–H and O–H groups in total. The van der Waals surface area contributed by atoms with E-state index in [0.717, 1.165) is 0 Å². The second-order valence-electron chi connectivity index (χ2n) is 7.52. The summed E-state index contributed by atoms with van der Waals surface area (Å²) in [5.41, 5.74) is 0. The maximum absolute atomic E-state index is 6.35. The van der Waals surface area contributed by atoms with Crippen LogP contribution in [0.15, 0.2) is 0 Å². The van der Waals surface area contributed by atoms with Gasteiger partial charge in [-0.1, -0.05) is 0 Å². The number of hydrogen-bond donors (Lipinski definition) is 0. The summed E-state index contributed by atoms with van der Waals surface area (Å²) >= 11 is 19.0. The number of rotatable bonds is 6. The van der Waals surface area contributed by atoms with Crippen LogP contribution in [-0.4, -0.2) is 71.1 Å². The molecule has 0 unspecified atom stereocenters. The largest absolute Gasteiger partial charge is 0.363 e. The third-order valence-electron chi connectivity index (χ3n) is 2.57. The van der Waals surface area contributed by atoms with E-state index in [1.165, 1.54) is 0 Å². The molecule has 117 valence electrons. The maximum atomic E-state index is 6.35. The van der Waals surface area contributed by atoms with Crippen molar-refractivity contribution in [2.45, 2.75) is 56.2 Å². The van der Waals surface area contributed by atoms with Crippen LogP contribution in [0, 0.1) is 0 Å². The Labute approximate surface area is 147 Å². The van der Waals surface area contributed by atoms with Crippen LogP contribution in [0.1, 0.15) is 41.5 Å². The molecular weight excluding hydrogens is 325 g/mol. The SMILES string of the molecule is CC(C)(Cl)CN1[B]N(CC(C)(C)Cl)[B]N(CC(C)(C)Cl)[B]1. The summed E-state index contributed by atoms with van der Waals surface area (Å²) in [4.78, 5) is -0.933. The van der Waals surface area contributed by atoms with Crippen molar-refractivity contribution < 1.29 is 0 Å². The predicted octanol–water partition coefficient (Wildman–Crippen LogP) is 2.56. The standard InChI is InChI=1S/C12H24B3Cl3N3/c1-10(2,16)7-19-13-20(8-11(3,4)17)15-21(14-19)9-12(5,6)18/h7-9H2,1-6H3. The van der Waals surface area contributed by atoms with E-state index < -0.39 is 0 Å². The Morgan fingerprint density at radius 2 is 0.762 bits per heavy atom. The van der Waals surface area contributed by atoms with E-state index in [0.29, 0.717) is 19.6 Å². The molecule has 1 rings (SSSR count). The number of hydrogen-bond acceptors (Lipinski definition) is 3. The number of alkyl halides is 3. The fraction of sp³-hybridized carbons (Fsp3) is 1.00. The van der Waals surface area contributed by atoms with Gasteiger partial charge in [-0.3, -0.25) is 0 Å². The van der Waals surface area contributed by atoms with Crippen molar-refractivity contribution >= 4 is 57.5 Å². The Morgan fingerprint density at radius 3 is 0.905 bits per heavy atom. The normalized spacial score (nSPS) is 19.9. The zero-order valence-electron chi connectivity index (χ0n) is 13.8. The molecule has 1 aliphatic rings. The lowest BCUT2D eigenvalue weighted by atomic mass is 9.72. The molecule has 21 heavy (non-hydrogen) atoms. The maximum Gasteiger partial charge on any atom is 0.290 e. The van der Waals surface area contributed by atoms with Crippen LogP contribution in [0.3, 0.4) is 0 Å². The summed E-state index contributed by atoms with van der Waals surface area (Å²) < 4.78 is 6.24. The summed E-state index contributed by atoms with van der Waals surface area (Å²) in [7, 11) is 6.10. The highest BCUT2D eigenvalue weighted by atomic mass is 35.5. The summed E-state index contributed by atoms with van der Waals surface area (Å²) in [6.45, 7) is 14.1. The van der Waals surface area contributed by atoms with Crippen LogP contribution in [-0.2, 0) is 0 Å². The first-order valence-corrected chi connectivity index (χ1v) is 8.26. The molecule has 1 aliphatic heterocycles. The molecule has 0 aromatic rings. The molecule has 0 amide bonds. The van der Waals surface area contributed by atoms with Gasteiger partial charge >= 0.3 is 0 Å². The fourth-order valence-corrected chi connectivity index (χ4v) is 2.62. The van der Waals surface area contributed by atoms with Crippen molar-refractivity contribution in [2.24, 2.45) is 0 Å². The minimum absolute atomic E-state index is 0.311. The average Bonchev–Trinajstić information content (AvgIpc) is 2.06. The third-order valence-corrected chi connectivity index (χ3v) is 2.92. The van der Waals surface area contributed by atoms with Gasteiger partial charge < -0.3 is 14.2 Å². The molecule has 0 aromatic carbocycles. The first-order chi connectivity index (χ1) is 9.23. The van der Waals surface area contributed by atoms with E-state index in [9.17, 15) is 0 Å². The number of halogens is 3. The summed E-state index contributed by atoms with van der Waals surface area (Å²) in [6, 6.07) is 0. The first kappa shape index (κ1) is 20.0. The van der Waals surface area contributed by atoms with Crippen molar-refractivity contribution in [3.05, 3.63) is 0 Å². The Hall–Kier alpha value is 0.945. The molecule has 3 nitrogen and oxygen atoms in total. The minimum atomic E-state index is -0.311. The predicted molar refractivity (Wildman–Crippen MR) is 97.2 cm³/mol. The fourth-order valence-electron chi connectivity index (χ4n) is 2.21. The molecular formula is C12H24B3Cl3N3. The van der Waals surface area contributed by atoms with Gasteiger partial charge in [-0.2, -0.15) is 0 Å². The van der Waals surface area contributed by atoms with E-state index in [-0.39, 0.29) is 14.6 Å². The van der Waals surface area contributed by atoms with Crippen LogP contribution < -0.4 is 0 Å². The van der Waals surface area contributed by atoms with Crippen LogP contribution in [0.25, 0.3) is 0 Å². The zero-order chi connectivity index (χ0) is 16.5. The van der Waals surface area contributed by atoms with Gasteiger partial charge in [0, 0.05) is 14.6 Å². The van der Waals surface area contributed by atoms with Crippen molar-refractivity contribution in [2.75, 3.05) is 19.6 Å².